The molecule has 0 bridgehead atoms. The van der Waals surface area contributed by atoms with Crippen molar-refractivity contribution < 1.29 is 9.72 Å². The fourth-order valence-electron chi connectivity index (χ4n) is 2.94. The number of hydrogen-bond donors (Lipinski definition) is 0. The highest BCUT2D eigenvalue weighted by atomic mass is 79.9. The molecular weight excluding hydrogens is 386 g/mol. The Balaban J connectivity index is 1.60. The fraction of sp³-hybridized carbons (Fsp3) is 0.278. The molecule has 1 aliphatic rings. The summed E-state index contributed by atoms with van der Waals surface area (Å²) >= 11 is 3.41. The second kappa shape index (κ2) is 7.65. The summed E-state index contributed by atoms with van der Waals surface area (Å²) in [5.74, 6) is 0.133. The van der Waals surface area contributed by atoms with E-state index in [9.17, 15) is 14.9 Å². The quantitative estimate of drug-likeness (QED) is 0.580. The largest absolute Gasteiger partial charge is 0.367 e. The first kappa shape index (κ1) is 17.4. The second-order valence-corrected chi connectivity index (χ2v) is 6.78. The summed E-state index contributed by atoms with van der Waals surface area (Å²) < 4.78 is 0.700. The molecule has 0 radical (unpaired) electrons. The van der Waals surface area contributed by atoms with Crippen LogP contribution in [0.3, 0.4) is 0 Å². The van der Waals surface area contributed by atoms with E-state index in [0.717, 1.165) is 11.3 Å². The van der Waals surface area contributed by atoms with E-state index in [0.29, 0.717) is 37.1 Å². The number of rotatable bonds is 4. The van der Waals surface area contributed by atoms with Gasteiger partial charge in [0.1, 0.15) is 0 Å². The number of nitro benzene ring substituents is 1. The molecule has 1 heterocycles. The lowest BCUT2D eigenvalue weighted by atomic mass is 10.1. The minimum absolute atomic E-state index is 0.0623. The van der Waals surface area contributed by atoms with Crippen molar-refractivity contribution in [3.8, 4) is 0 Å². The van der Waals surface area contributed by atoms with Gasteiger partial charge in [-0.1, -0.05) is 30.3 Å². The number of carbonyl (C=O) groups excluding carboxylic acids is 1. The third-order valence-electron chi connectivity index (χ3n) is 4.31. The van der Waals surface area contributed by atoms with Crippen molar-refractivity contribution in [1.82, 2.24) is 4.90 Å². The number of halogens is 1. The van der Waals surface area contributed by atoms with Gasteiger partial charge in [-0.15, -0.1) is 0 Å². The molecule has 1 saturated heterocycles. The first-order valence-corrected chi connectivity index (χ1v) is 8.84. The Labute approximate surface area is 154 Å². The van der Waals surface area contributed by atoms with Gasteiger partial charge >= 0.3 is 0 Å². The number of hydrogen-bond acceptors (Lipinski definition) is 4. The van der Waals surface area contributed by atoms with Crippen LogP contribution < -0.4 is 4.90 Å². The van der Waals surface area contributed by atoms with Crippen LogP contribution in [0.1, 0.15) is 5.56 Å². The van der Waals surface area contributed by atoms with Crippen molar-refractivity contribution in [2.75, 3.05) is 31.1 Å². The topological polar surface area (TPSA) is 66.7 Å². The molecule has 2 aromatic carbocycles. The van der Waals surface area contributed by atoms with Gasteiger partial charge < -0.3 is 9.80 Å². The summed E-state index contributed by atoms with van der Waals surface area (Å²) in [4.78, 5) is 26.9. The molecule has 0 spiro atoms. The normalized spacial score (nSPS) is 14.4. The van der Waals surface area contributed by atoms with Gasteiger partial charge in [-0.2, -0.15) is 0 Å². The molecule has 130 valence electrons. The smallest absolute Gasteiger partial charge is 0.270 e. The summed E-state index contributed by atoms with van der Waals surface area (Å²) in [7, 11) is 0. The first-order chi connectivity index (χ1) is 12.0. The number of nitro groups is 1. The van der Waals surface area contributed by atoms with E-state index in [1.54, 1.807) is 6.07 Å². The molecule has 0 aliphatic carbocycles. The van der Waals surface area contributed by atoms with Gasteiger partial charge in [0.25, 0.3) is 5.69 Å². The minimum atomic E-state index is -0.408. The average Bonchev–Trinajstić information content (AvgIpc) is 2.62. The summed E-state index contributed by atoms with van der Waals surface area (Å²) in [5.41, 5.74) is 2.00. The van der Waals surface area contributed by atoms with Crippen molar-refractivity contribution >= 4 is 33.2 Å². The third kappa shape index (κ3) is 4.17. The number of benzene rings is 2. The van der Waals surface area contributed by atoms with E-state index in [-0.39, 0.29) is 11.6 Å². The molecule has 1 fully saturated rings. The van der Waals surface area contributed by atoms with E-state index < -0.39 is 4.92 Å². The predicted molar refractivity (Wildman–Crippen MR) is 99.7 cm³/mol. The number of amides is 1. The van der Waals surface area contributed by atoms with Gasteiger partial charge in [-0.3, -0.25) is 14.9 Å². The molecular formula is C18H18BrN3O3. The van der Waals surface area contributed by atoms with Crippen LogP contribution in [0.4, 0.5) is 11.4 Å². The SMILES string of the molecule is O=C(Cc1ccccc1)N1CCN(c2ccc([N+](=O)[O-])cc2Br)CC1. The van der Waals surface area contributed by atoms with Gasteiger partial charge in [0.2, 0.25) is 5.91 Å². The Hall–Kier alpha value is -2.41. The maximum atomic E-state index is 12.4. The van der Waals surface area contributed by atoms with Gasteiger partial charge in [0.05, 0.1) is 17.0 Å². The maximum Gasteiger partial charge on any atom is 0.270 e. The number of nitrogens with zero attached hydrogens (tertiary/aromatic N) is 3. The summed E-state index contributed by atoms with van der Waals surface area (Å²) in [6.07, 6.45) is 0.419. The Kier molecular flexibility index (Phi) is 5.33. The van der Waals surface area contributed by atoms with Crippen LogP contribution in [0.5, 0.6) is 0 Å². The molecule has 7 heteroatoms. The van der Waals surface area contributed by atoms with Crippen LogP contribution >= 0.6 is 15.9 Å². The highest BCUT2D eigenvalue weighted by Gasteiger charge is 2.23. The molecule has 0 saturated carbocycles. The Bertz CT molecular complexity index is 774. The van der Waals surface area contributed by atoms with Gasteiger partial charge in [0, 0.05) is 42.8 Å². The van der Waals surface area contributed by atoms with Gasteiger partial charge in [-0.25, -0.2) is 0 Å². The Morgan fingerprint density at radius 1 is 1.08 bits per heavy atom. The Morgan fingerprint density at radius 3 is 2.36 bits per heavy atom. The molecule has 1 amide bonds. The number of piperazine rings is 1. The molecule has 3 rings (SSSR count). The summed E-state index contributed by atoms with van der Waals surface area (Å²) in [6.45, 7) is 2.71. The zero-order chi connectivity index (χ0) is 17.8. The maximum absolute atomic E-state index is 12.4. The van der Waals surface area contributed by atoms with E-state index in [1.165, 1.54) is 12.1 Å². The van der Waals surface area contributed by atoms with E-state index >= 15 is 0 Å². The number of anilines is 1. The lowest BCUT2D eigenvalue weighted by Gasteiger charge is -2.36. The third-order valence-corrected chi connectivity index (χ3v) is 4.95. The standard InChI is InChI=1S/C18H18BrN3O3/c19-16-13-15(22(24)25)6-7-17(16)20-8-10-21(11-9-20)18(23)12-14-4-2-1-3-5-14/h1-7,13H,8-12H2. The molecule has 0 unspecified atom stereocenters. The molecule has 6 nitrogen and oxygen atoms in total. The predicted octanol–water partition coefficient (Wildman–Crippen LogP) is 3.25. The van der Waals surface area contributed by atoms with E-state index in [4.69, 9.17) is 0 Å². The molecule has 0 aromatic heterocycles. The van der Waals surface area contributed by atoms with Crippen LogP contribution in [0.25, 0.3) is 0 Å². The van der Waals surface area contributed by atoms with Crippen LogP contribution in [0, 0.1) is 10.1 Å². The zero-order valence-corrected chi connectivity index (χ0v) is 15.2. The fourth-order valence-corrected chi connectivity index (χ4v) is 3.56. The first-order valence-electron chi connectivity index (χ1n) is 8.05. The van der Waals surface area contributed by atoms with Crippen LogP contribution in [-0.2, 0) is 11.2 Å². The van der Waals surface area contributed by atoms with Crippen LogP contribution in [0.2, 0.25) is 0 Å². The highest BCUT2D eigenvalue weighted by Crippen LogP contribution is 2.30. The minimum Gasteiger partial charge on any atom is -0.367 e. The lowest BCUT2D eigenvalue weighted by molar-refractivity contribution is -0.384. The highest BCUT2D eigenvalue weighted by molar-refractivity contribution is 9.10. The van der Waals surface area contributed by atoms with E-state index in [1.807, 2.05) is 35.2 Å². The average molecular weight is 404 g/mol. The molecule has 0 atom stereocenters. The number of non-ortho nitro benzene ring substituents is 1. The molecule has 25 heavy (non-hydrogen) atoms. The van der Waals surface area contributed by atoms with Crippen molar-refractivity contribution in [2.45, 2.75) is 6.42 Å². The van der Waals surface area contributed by atoms with Crippen molar-refractivity contribution in [3.05, 3.63) is 68.7 Å². The molecule has 2 aromatic rings. The second-order valence-electron chi connectivity index (χ2n) is 5.92. The zero-order valence-electron chi connectivity index (χ0n) is 13.6. The lowest BCUT2D eigenvalue weighted by Crippen LogP contribution is -2.49. The van der Waals surface area contributed by atoms with Crippen molar-refractivity contribution in [1.29, 1.82) is 0 Å². The Morgan fingerprint density at radius 2 is 1.76 bits per heavy atom. The summed E-state index contributed by atoms with van der Waals surface area (Å²) in [6, 6.07) is 14.5. The molecule has 0 N–H and O–H groups in total. The van der Waals surface area contributed by atoms with Crippen LogP contribution in [-0.4, -0.2) is 41.9 Å². The molecule has 1 aliphatic heterocycles. The monoisotopic (exact) mass is 403 g/mol. The number of carbonyl (C=O) groups is 1. The van der Waals surface area contributed by atoms with E-state index in [2.05, 4.69) is 20.8 Å². The summed E-state index contributed by atoms with van der Waals surface area (Å²) in [5, 5.41) is 10.8. The van der Waals surface area contributed by atoms with Crippen molar-refractivity contribution in [3.63, 3.8) is 0 Å². The van der Waals surface area contributed by atoms with Crippen LogP contribution in [0.15, 0.2) is 53.0 Å². The van der Waals surface area contributed by atoms with Gasteiger partial charge in [-0.05, 0) is 27.6 Å². The van der Waals surface area contributed by atoms with Crippen molar-refractivity contribution in [2.24, 2.45) is 0 Å². The van der Waals surface area contributed by atoms with Gasteiger partial charge in [0.15, 0.2) is 0 Å².